The molecule has 1 saturated heterocycles. The average molecular weight is 410 g/mol. The van der Waals surface area contributed by atoms with Crippen molar-refractivity contribution in [3.63, 3.8) is 0 Å². The first-order chi connectivity index (χ1) is 14.0. The van der Waals surface area contributed by atoms with Crippen LogP contribution in [0.5, 0.6) is 0 Å². The summed E-state index contributed by atoms with van der Waals surface area (Å²) >= 11 is 5.96. The monoisotopic (exact) mass is 409 g/mol. The van der Waals surface area contributed by atoms with Crippen LogP contribution >= 0.6 is 11.6 Å². The van der Waals surface area contributed by atoms with E-state index in [2.05, 4.69) is 15.1 Å². The topological polar surface area (TPSA) is 55.5 Å². The molecule has 29 heavy (non-hydrogen) atoms. The van der Waals surface area contributed by atoms with Crippen LogP contribution < -0.4 is 9.80 Å². The smallest absolute Gasteiger partial charge is 0.254 e. The summed E-state index contributed by atoms with van der Waals surface area (Å²) < 4.78 is 0. The van der Waals surface area contributed by atoms with Crippen molar-refractivity contribution in [1.82, 2.24) is 15.1 Å². The molecular formula is C22H24ClN5O. The van der Waals surface area contributed by atoms with Gasteiger partial charge in [0.2, 0.25) is 0 Å². The summed E-state index contributed by atoms with van der Waals surface area (Å²) in [4.78, 5) is 19.0. The fourth-order valence-electron chi connectivity index (χ4n) is 3.49. The summed E-state index contributed by atoms with van der Waals surface area (Å²) in [6.07, 6.45) is 0. The first-order valence-corrected chi connectivity index (χ1v) is 10.0. The number of H-pyrrole nitrogens is 1. The minimum atomic E-state index is 0.0808. The van der Waals surface area contributed by atoms with E-state index in [0.29, 0.717) is 18.1 Å². The number of carbonyl (C=O) groups is 1. The Morgan fingerprint density at radius 2 is 1.76 bits per heavy atom. The summed E-state index contributed by atoms with van der Waals surface area (Å²) in [7, 11) is 3.95. The molecule has 2 aromatic carbocycles. The molecule has 0 atom stereocenters. The van der Waals surface area contributed by atoms with Crippen LogP contribution in [0.2, 0.25) is 5.02 Å². The molecule has 0 bridgehead atoms. The number of nitrogens with zero attached hydrogens (tertiary/aromatic N) is 4. The number of benzene rings is 2. The molecule has 1 N–H and O–H groups in total. The lowest BCUT2D eigenvalue weighted by Gasteiger charge is -2.35. The minimum absolute atomic E-state index is 0.0808. The lowest BCUT2D eigenvalue weighted by molar-refractivity contribution is 0.0746. The SMILES string of the molecule is CN(C)c1cccc(C(=O)N2CCN(c3cc(-c4ccc(Cl)cc4)[nH]n3)CC2)c1. The fraction of sp³-hybridized carbons (Fsp3) is 0.273. The highest BCUT2D eigenvalue weighted by Gasteiger charge is 2.24. The molecule has 1 amide bonds. The molecule has 1 fully saturated rings. The molecule has 1 aliphatic heterocycles. The van der Waals surface area contributed by atoms with Crippen LogP contribution in [0.4, 0.5) is 11.5 Å². The van der Waals surface area contributed by atoms with Gasteiger partial charge in [-0.2, -0.15) is 5.10 Å². The number of piperazine rings is 1. The molecular weight excluding hydrogens is 386 g/mol. The van der Waals surface area contributed by atoms with Crippen LogP contribution in [0.15, 0.2) is 54.6 Å². The fourth-order valence-corrected chi connectivity index (χ4v) is 3.61. The van der Waals surface area contributed by atoms with Gasteiger partial charge in [0.25, 0.3) is 5.91 Å². The minimum Gasteiger partial charge on any atom is -0.378 e. The number of amides is 1. The molecule has 0 saturated carbocycles. The van der Waals surface area contributed by atoms with Gasteiger partial charge in [0.05, 0.1) is 5.69 Å². The predicted octanol–water partition coefficient (Wildman–Crippen LogP) is 3.76. The molecule has 1 aliphatic rings. The van der Waals surface area contributed by atoms with Gasteiger partial charge < -0.3 is 14.7 Å². The van der Waals surface area contributed by atoms with E-state index >= 15 is 0 Å². The van der Waals surface area contributed by atoms with Crippen molar-refractivity contribution >= 4 is 29.0 Å². The Hall–Kier alpha value is -2.99. The maximum Gasteiger partial charge on any atom is 0.254 e. The second-order valence-corrected chi connectivity index (χ2v) is 7.81. The molecule has 3 aromatic rings. The van der Waals surface area contributed by atoms with Crippen LogP contribution in [-0.4, -0.2) is 61.3 Å². The van der Waals surface area contributed by atoms with Gasteiger partial charge in [-0.3, -0.25) is 9.89 Å². The Labute approximate surface area is 175 Å². The number of rotatable bonds is 4. The maximum atomic E-state index is 12.9. The summed E-state index contributed by atoms with van der Waals surface area (Å²) in [6.45, 7) is 2.86. The zero-order valence-corrected chi connectivity index (χ0v) is 17.4. The van der Waals surface area contributed by atoms with E-state index in [0.717, 1.165) is 41.4 Å². The van der Waals surface area contributed by atoms with E-state index in [1.807, 2.05) is 78.5 Å². The highest BCUT2D eigenvalue weighted by atomic mass is 35.5. The van der Waals surface area contributed by atoms with Gasteiger partial charge in [-0.25, -0.2) is 0 Å². The van der Waals surface area contributed by atoms with Gasteiger partial charge in [0, 0.05) is 62.6 Å². The number of hydrogen-bond acceptors (Lipinski definition) is 4. The molecule has 1 aromatic heterocycles. The quantitative estimate of drug-likeness (QED) is 0.712. The summed E-state index contributed by atoms with van der Waals surface area (Å²) in [5.41, 5.74) is 3.76. The van der Waals surface area contributed by atoms with E-state index in [9.17, 15) is 4.79 Å². The van der Waals surface area contributed by atoms with Crippen molar-refractivity contribution in [3.05, 3.63) is 65.2 Å². The van der Waals surface area contributed by atoms with Crippen molar-refractivity contribution in [1.29, 1.82) is 0 Å². The summed E-state index contributed by atoms with van der Waals surface area (Å²) in [5.74, 6) is 0.980. The first-order valence-electron chi connectivity index (χ1n) is 9.64. The third-order valence-corrected chi connectivity index (χ3v) is 5.47. The number of hydrogen-bond donors (Lipinski definition) is 1. The zero-order chi connectivity index (χ0) is 20.4. The Balaban J connectivity index is 1.40. The van der Waals surface area contributed by atoms with Crippen LogP contribution in [0.1, 0.15) is 10.4 Å². The van der Waals surface area contributed by atoms with Crippen molar-refractivity contribution in [2.75, 3.05) is 50.1 Å². The second-order valence-electron chi connectivity index (χ2n) is 7.37. The molecule has 0 spiro atoms. The highest BCUT2D eigenvalue weighted by Crippen LogP contribution is 2.24. The highest BCUT2D eigenvalue weighted by molar-refractivity contribution is 6.30. The predicted molar refractivity (Wildman–Crippen MR) is 118 cm³/mol. The average Bonchev–Trinajstić information content (AvgIpc) is 3.24. The molecule has 4 rings (SSSR count). The lowest BCUT2D eigenvalue weighted by Crippen LogP contribution is -2.49. The van der Waals surface area contributed by atoms with E-state index in [1.165, 1.54) is 0 Å². The van der Waals surface area contributed by atoms with Crippen LogP contribution in [0.25, 0.3) is 11.3 Å². The van der Waals surface area contributed by atoms with Crippen molar-refractivity contribution in [2.45, 2.75) is 0 Å². The summed E-state index contributed by atoms with van der Waals surface area (Å²) in [6, 6.07) is 17.5. The van der Waals surface area contributed by atoms with Crippen molar-refractivity contribution < 1.29 is 4.79 Å². The number of anilines is 2. The van der Waals surface area contributed by atoms with Gasteiger partial charge in [-0.05, 0) is 35.9 Å². The van der Waals surface area contributed by atoms with Gasteiger partial charge in [0.1, 0.15) is 0 Å². The third kappa shape index (κ3) is 4.22. The Morgan fingerprint density at radius 3 is 2.45 bits per heavy atom. The Bertz CT molecular complexity index is 990. The Morgan fingerprint density at radius 1 is 1.03 bits per heavy atom. The van der Waals surface area contributed by atoms with E-state index in [4.69, 9.17) is 11.6 Å². The van der Waals surface area contributed by atoms with Gasteiger partial charge >= 0.3 is 0 Å². The molecule has 0 radical (unpaired) electrons. The van der Waals surface area contributed by atoms with E-state index in [1.54, 1.807) is 0 Å². The lowest BCUT2D eigenvalue weighted by atomic mass is 10.1. The van der Waals surface area contributed by atoms with Crippen LogP contribution in [0, 0.1) is 0 Å². The molecule has 7 heteroatoms. The first kappa shape index (κ1) is 19.3. The van der Waals surface area contributed by atoms with Gasteiger partial charge in [0.15, 0.2) is 5.82 Å². The van der Waals surface area contributed by atoms with Gasteiger partial charge in [-0.15, -0.1) is 0 Å². The zero-order valence-electron chi connectivity index (χ0n) is 16.6. The van der Waals surface area contributed by atoms with Crippen LogP contribution in [-0.2, 0) is 0 Å². The second kappa shape index (κ2) is 8.17. The van der Waals surface area contributed by atoms with Crippen molar-refractivity contribution in [3.8, 4) is 11.3 Å². The van der Waals surface area contributed by atoms with E-state index < -0.39 is 0 Å². The Kier molecular flexibility index (Phi) is 5.45. The molecule has 2 heterocycles. The van der Waals surface area contributed by atoms with Crippen molar-refractivity contribution in [2.24, 2.45) is 0 Å². The molecule has 150 valence electrons. The van der Waals surface area contributed by atoms with Gasteiger partial charge in [-0.1, -0.05) is 29.8 Å². The molecule has 0 aliphatic carbocycles. The largest absolute Gasteiger partial charge is 0.378 e. The number of aromatic nitrogens is 2. The number of aromatic amines is 1. The number of halogens is 1. The van der Waals surface area contributed by atoms with E-state index in [-0.39, 0.29) is 5.91 Å². The number of nitrogens with one attached hydrogen (secondary N) is 1. The van der Waals surface area contributed by atoms with Crippen LogP contribution in [0.3, 0.4) is 0 Å². The maximum absolute atomic E-state index is 12.9. The normalized spacial score (nSPS) is 14.2. The molecule has 6 nitrogen and oxygen atoms in total. The summed E-state index contributed by atoms with van der Waals surface area (Å²) in [5, 5.41) is 8.27. The number of carbonyl (C=O) groups excluding carboxylic acids is 1. The molecule has 0 unspecified atom stereocenters. The standard InChI is InChI=1S/C22H24ClN5O/c1-26(2)19-5-3-4-17(14-19)22(29)28-12-10-27(11-13-28)21-15-20(24-25-21)16-6-8-18(23)9-7-16/h3-9,14-15H,10-13H2,1-2H3,(H,24,25). The third-order valence-electron chi connectivity index (χ3n) is 5.22.